The van der Waals surface area contributed by atoms with Crippen molar-refractivity contribution >= 4 is 23.2 Å². The third-order valence-electron chi connectivity index (χ3n) is 2.39. The highest BCUT2D eigenvalue weighted by Gasteiger charge is 2.10. The van der Waals surface area contributed by atoms with Gasteiger partial charge in [0.05, 0.1) is 5.02 Å². The molecule has 0 amide bonds. The number of hydrogen-bond donors (Lipinski definition) is 0. The number of halogens is 3. The van der Waals surface area contributed by atoms with Crippen LogP contribution in [0.3, 0.4) is 0 Å². The fourth-order valence-corrected chi connectivity index (χ4v) is 1.77. The Hall–Kier alpha value is -2.25. The lowest BCUT2D eigenvalue weighted by atomic mass is 10.3. The lowest BCUT2D eigenvalue weighted by molar-refractivity contribution is 0.433. The molecule has 0 aliphatic rings. The summed E-state index contributed by atoms with van der Waals surface area (Å²) in [6.07, 6.45) is 3.20. The van der Waals surface area contributed by atoms with Crippen LogP contribution in [-0.4, -0.2) is 24.7 Å². The molecule has 0 N–H and O–H groups in total. The molecule has 0 unspecified atom stereocenters. The number of nitrogens with zero attached hydrogens (tertiary/aromatic N) is 5. The van der Waals surface area contributed by atoms with Crippen LogP contribution in [0, 0.1) is 5.82 Å². The zero-order chi connectivity index (χ0) is 14.8. The summed E-state index contributed by atoms with van der Waals surface area (Å²) in [6.45, 7) is 0. The van der Waals surface area contributed by atoms with Crippen molar-refractivity contribution in [1.82, 2.24) is 24.7 Å². The minimum absolute atomic E-state index is 0.00624. The SMILES string of the molecule is Fc1cc(Oc2nc(Cl)nc(-n3cccn3)n2)ccc1Cl. The smallest absolute Gasteiger partial charge is 0.328 e. The highest BCUT2D eigenvalue weighted by molar-refractivity contribution is 6.30. The largest absolute Gasteiger partial charge is 0.424 e. The molecule has 2 aromatic heterocycles. The molecule has 0 aliphatic heterocycles. The van der Waals surface area contributed by atoms with Crippen LogP contribution in [-0.2, 0) is 0 Å². The molecule has 2 heterocycles. The number of rotatable bonds is 3. The van der Waals surface area contributed by atoms with Crippen LogP contribution < -0.4 is 4.74 Å². The molecule has 3 aromatic rings. The van der Waals surface area contributed by atoms with Crippen molar-refractivity contribution in [3.8, 4) is 17.7 Å². The minimum Gasteiger partial charge on any atom is -0.424 e. The van der Waals surface area contributed by atoms with E-state index in [-0.39, 0.29) is 28.0 Å². The molecular weight excluding hydrogens is 320 g/mol. The van der Waals surface area contributed by atoms with Gasteiger partial charge in [-0.1, -0.05) is 11.6 Å². The second-order valence-corrected chi connectivity index (χ2v) is 4.56. The molecule has 9 heteroatoms. The summed E-state index contributed by atoms with van der Waals surface area (Å²) < 4.78 is 20.1. The summed E-state index contributed by atoms with van der Waals surface area (Å²) >= 11 is 11.4. The van der Waals surface area contributed by atoms with Gasteiger partial charge in [0.15, 0.2) is 0 Å². The molecule has 21 heavy (non-hydrogen) atoms. The highest BCUT2D eigenvalue weighted by atomic mass is 35.5. The Morgan fingerprint density at radius 3 is 2.71 bits per heavy atom. The molecule has 0 fully saturated rings. The Morgan fingerprint density at radius 2 is 2.00 bits per heavy atom. The second kappa shape index (κ2) is 5.63. The lowest BCUT2D eigenvalue weighted by Crippen LogP contribution is -2.05. The van der Waals surface area contributed by atoms with Gasteiger partial charge in [-0.05, 0) is 29.8 Å². The van der Waals surface area contributed by atoms with Crippen LogP contribution in [0.2, 0.25) is 10.3 Å². The first-order valence-electron chi connectivity index (χ1n) is 5.66. The molecule has 0 spiro atoms. The Kier molecular flexibility index (Phi) is 3.68. The molecule has 0 saturated carbocycles. The van der Waals surface area contributed by atoms with Crippen molar-refractivity contribution in [2.24, 2.45) is 0 Å². The van der Waals surface area contributed by atoms with E-state index in [1.807, 2.05) is 0 Å². The normalized spacial score (nSPS) is 10.6. The first kappa shape index (κ1) is 13.7. The van der Waals surface area contributed by atoms with Crippen molar-refractivity contribution in [2.45, 2.75) is 0 Å². The second-order valence-electron chi connectivity index (χ2n) is 3.82. The van der Waals surface area contributed by atoms with E-state index in [0.717, 1.165) is 6.07 Å². The third-order valence-corrected chi connectivity index (χ3v) is 2.86. The van der Waals surface area contributed by atoms with Crippen molar-refractivity contribution in [1.29, 1.82) is 0 Å². The summed E-state index contributed by atoms with van der Waals surface area (Å²) in [4.78, 5) is 11.8. The molecule has 0 radical (unpaired) electrons. The highest BCUT2D eigenvalue weighted by Crippen LogP contribution is 2.24. The Balaban J connectivity index is 1.93. The van der Waals surface area contributed by atoms with Crippen molar-refractivity contribution in [3.63, 3.8) is 0 Å². The van der Waals surface area contributed by atoms with Gasteiger partial charge in [0.1, 0.15) is 11.6 Å². The zero-order valence-corrected chi connectivity index (χ0v) is 11.8. The molecular formula is C12H6Cl2FN5O. The van der Waals surface area contributed by atoms with E-state index < -0.39 is 5.82 Å². The monoisotopic (exact) mass is 325 g/mol. The molecule has 106 valence electrons. The summed E-state index contributed by atoms with van der Waals surface area (Å²) in [6, 6.07) is 5.59. The van der Waals surface area contributed by atoms with Crippen LogP contribution >= 0.6 is 23.2 Å². The third kappa shape index (κ3) is 3.09. The predicted octanol–water partition coefficient (Wildman–Crippen LogP) is 3.30. The number of hydrogen-bond acceptors (Lipinski definition) is 5. The minimum atomic E-state index is -0.610. The van der Waals surface area contributed by atoms with E-state index in [2.05, 4.69) is 20.1 Å². The van der Waals surface area contributed by atoms with Gasteiger partial charge in [-0.3, -0.25) is 0 Å². The fraction of sp³-hybridized carbons (Fsp3) is 0. The van der Waals surface area contributed by atoms with Gasteiger partial charge in [-0.25, -0.2) is 9.07 Å². The van der Waals surface area contributed by atoms with Crippen LogP contribution in [0.1, 0.15) is 0 Å². The van der Waals surface area contributed by atoms with Crippen molar-refractivity contribution in [3.05, 3.63) is 52.8 Å². The summed E-state index contributed by atoms with van der Waals surface area (Å²) in [7, 11) is 0. The summed E-state index contributed by atoms with van der Waals surface area (Å²) in [5.74, 6) is -0.239. The van der Waals surface area contributed by atoms with E-state index in [4.69, 9.17) is 27.9 Å². The molecule has 6 nitrogen and oxygen atoms in total. The maximum absolute atomic E-state index is 13.4. The number of ether oxygens (including phenoxy) is 1. The molecule has 1 aromatic carbocycles. The van der Waals surface area contributed by atoms with Gasteiger partial charge >= 0.3 is 6.01 Å². The molecule has 0 saturated heterocycles. The standard InChI is InChI=1S/C12H6Cl2FN5O/c13-8-3-2-7(6-9(8)15)21-12-18-10(14)17-11(19-12)20-5-1-4-16-20/h1-6H. The van der Waals surface area contributed by atoms with Gasteiger partial charge < -0.3 is 4.74 Å². The number of benzene rings is 1. The average Bonchev–Trinajstić information content (AvgIpc) is 2.96. The van der Waals surface area contributed by atoms with Crippen molar-refractivity contribution in [2.75, 3.05) is 0 Å². The lowest BCUT2D eigenvalue weighted by Gasteiger charge is -2.06. The summed E-state index contributed by atoms with van der Waals surface area (Å²) in [5, 5.41) is 3.90. The quantitative estimate of drug-likeness (QED) is 0.739. The maximum atomic E-state index is 13.4. The first-order valence-corrected chi connectivity index (χ1v) is 6.42. The predicted molar refractivity (Wildman–Crippen MR) is 73.4 cm³/mol. The van der Waals surface area contributed by atoms with E-state index >= 15 is 0 Å². The van der Waals surface area contributed by atoms with Crippen LogP contribution in [0.4, 0.5) is 4.39 Å². The Morgan fingerprint density at radius 1 is 1.14 bits per heavy atom. The first-order chi connectivity index (χ1) is 10.1. The molecule has 3 rings (SSSR count). The van der Waals surface area contributed by atoms with Gasteiger partial charge in [0, 0.05) is 18.5 Å². The molecule has 0 aliphatic carbocycles. The molecule has 0 bridgehead atoms. The van der Waals surface area contributed by atoms with Crippen LogP contribution in [0.5, 0.6) is 11.8 Å². The van der Waals surface area contributed by atoms with Crippen molar-refractivity contribution < 1.29 is 9.13 Å². The van der Waals surface area contributed by atoms with Crippen LogP contribution in [0.15, 0.2) is 36.7 Å². The maximum Gasteiger partial charge on any atom is 0.328 e. The van der Waals surface area contributed by atoms with E-state index in [1.54, 1.807) is 18.5 Å². The van der Waals surface area contributed by atoms with Gasteiger partial charge in [-0.2, -0.15) is 20.1 Å². The van der Waals surface area contributed by atoms with E-state index in [1.165, 1.54) is 16.8 Å². The zero-order valence-electron chi connectivity index (χ0n) is 10.2. The topological polar surface area (TPSA) is 65.7 Å². The Bertz CT molecular complexity index is 781. The average molecular weight is 326 g/mol. The van der Waals surface area contributed by atoms with Gasteiger partial charge in [0.2, 0.25) is 5.28 Å². The Labute approximate surface area is 128 Å². The van der Waals surface area contributed by atoms with E-state index in [0.29, 0.717) is 0 Å². The summed E-state index contributed by atoms with van der Waals surface area (Å²) in [5.41, 5.74) is 0. The number of aromatic nitrogens is 5. The molecule has 0 atom stereocenters. The van der Waals surface area contributed by atoms with Crippen LogP contribution in [0.25, 0.3) is 5.95 Å². The fourth-order valence-electron chi connectivity index (χ4n) is 1.50. The van der Waals surface area contributed by atoms with E-state index in [9.17, 15) is 4.39 Å². The van der Waals surface area contributed by atoms with Gasteiger partial charge in [-0.15, -0.1) is 0 Å². The van der Waals surface area contributed by atoms with Gasteiger partial charge in [0.25, 0.3) is 5.95 Å².